The van der Waals surface area contributed by atoms with Gasteiger partial charge in [0, 0.05) is 0 Å². The number of nitrogens with zero attached hydrogens (tertiary/aromatic N) is 1. The van der Waals surface area contributed by atoms with Gasteiger partial charge in [-0.05, 0) is 58.3 Å². The van der Waals surface area contributed by atoms with Gasteiger partial charge in [-0.3, -0.25) is 4.90 Å². The molecule has 0 atom stereocenters. The molecule has 0 aromatic rings. The molecule has 0 amide bonds. The van der Waals surface area contributed by atoms with E-state index >= 15 is 0 Å². The first-order chi connectivity index (χ1) is 7.47. The van der Waals surface area contributed by atoms with Gasteiger partial charge in [-0.25, -0.2) is 0 Å². The second kappa shape index (κ2) is 6.45. The van der Waals surface area contributed by atoms with E-state index in [9.17, 15) is 13.2 Å². The fraction of sp³-hybridized carbons (Fsp3) is 1.00. The second-order valence-electron chi connectivity index (χ2n) is 4.69. The molecule has 0 saturated carbocycles. The van der Waals surface area contributed by atoms with Crippen molar-refractivity contribution in [1.29, 1.82) is 0 Å². The van der Waals surface area contributed by atoms with Gasteiger partial charge < -0.3 is 5.32 Å². The van der Waals surface area contributed by atoms with Crippen LogP contribution in [-0.4, -0.2) is 44.3 Å². The van der Waals surface area contributed by atoms with Crippen molar-refractivity contribution in [3.63, 3.8) is 0 Å². The molecular formula is C11H21F3N2. The minimum atomic E-state index is -4.07. The van der Waals surface area contributed by atoms with Crippen molar-refractivity contribution >= 4 is 0 Å². The molecule has 96 valence electrons. The van der Waals surface area contributed by atoms with Gasteiger partial charge in [0.1, 0.15) is 0 Å². The largest absolute Gasteiger partial charge is 0.401 e. The van der Waals surface area contributed by atoms with E-state index in [1.54, 1.807) is 0 Å². The van der Waals surface area contributed by atoms with Crippen molar-refractivity contribution in [3.05, 3.63) is 0 Å². The van der Waals surface area contributed by atoms with Gasteiger partial charge in [0.05, 0.1) is 6.54 Å². The Bertz CT molecular complexity index is 188. The van der Waals surface area contributed by atoms with E-state index in [0.717, 1.165) is 25.9 Å². The molecule has 16 heavy (non-hydrogen) atoms. The molecule has 1 rings (SSSR count). The molecule has 0 aliphatic carbocycles. The van der Waals surface area contributed by atoms with E-state index in [1.807, 2.05) is 0 Å². The lowest BCUT2D eigenvalue weighted by molar-refractivity contribution is -0.143. The van der Waals surface area contributed by atoms with Crippen LogP contribution < -0.4 is 5.32 Å². The monoisotopic (exact) mass is 238 g/mol. The molecule has 0 aromatic heterocycles. The third-order valence-electron chi connectivity index (χ3n) is 3.06. The van der Waals surface area contributed by atoms with Gasteiger partial charge in [0.2, 0.25) is 0 Å². The molecule has 1 aliphatic rings. The highest BCUT2D eigenvalue weighted by atomic mass is 19.4. The van der Waals surface area contributed by atoms with Crippen LogP contribution in [0.1, 0.15) is 25.7 Å². The Morgan fingerprint density at radius 3 is 2.44 bits per heavy atom. The van der Waals surface area contributed by atoms with E-state index in [2.05, 4.69) is 5.32 Å². The van der Waals surface area contributed by atoms with Crippen molar-refractivity contribution in [2.75, 3.05) is 33.2 Å². The summed E-state index contributed by atoms with van der Waals surface area (Å²) in [5, 5.41) is 3.29. The van der Waals surface area contributed by atoms with Crippen LogP contribution in [0.2, 0.25) is 0 Å². The van der Waals surface area contributed by atoms with Crippen LogP contribution in [0.4, 0.5) is 13.2 Å². The molecule has 2 nitrogen and oxygen atoms in total. The Hall–Kier alpha value is -0.290. The van der Waals surface area contributed by atoms with Crippen LogP contribution in [0.3, 0.4) is 0 Å². The number of nitrogens with one attached hydrogen (secondary N) is 1. The smallest absolute Gasteiger partial charge is 0.317 e. The van der Waals surface area contributed by atoms with E-state index < -0.39 is 12.7 Å². The minimum absolute atomic E-state index is 0.545. The third-order valence-corrected chi connectivity index (χ3v) is 3.06. The molecule has 1 heterocycles. The van der Waals surface area contributed by atoms with Gasteiger partial charge in [-0.1, -0.05) is 0 Å². The number of alkyl halides is 3. The molecule has 0 bridgehead atoms. The average Bonchev–Trinajstić information content (AvgIpc) is 2.16. The zero-order valence-corrected chi connectivity index (χ0v) is 9.82. The van der Waals surface area contributed by atoms with Crippen LogP contribution in [0, 0.1) is 5.92 Å². The molecule has 0 unspecified atom stereocenters. The normalized spacial score (nSPS) is 19.3. The molecular weight excluding hydrogens is 217 g/mol. The number of hydrogen-bond donors (Lipinski definition) is 1. The van der Waals surface area contributed by atoms with Crippen molar-refractivity contribution in [3.8, 4) is 0 Å². The van der Waals surface area contributed by atoms with E-state index in [1.165, 1.54) is 24.8 Å². The molecule has 0 aromatic carbocycles. The topological polar surface area (TPSA) is 15.3 Å². The van der Waals surface area contributed by atoms with Gasteiger partial charge in [-0.15, -0.1) is 0 Å². The van der Waals surface area contributed by atoms with Crippen molar-refractivity contribution in [2.24, 2.45) is 5.92 Å². The average molecular weight is 238 g/mol. The first kappa shape index (κ1) is 13.8. The van der Waals surface area contributed by atoms with Gasteiger partial charge in [-0.2, -0.15) is 13.2 Å². The van der Waals surface area contributed by atoms with Crippen LogP contribution in [0.15, 0.2) is 0 Å². The summed E-state index contributed by atoms with van der Waals surface area (Å²) in [4.78, 5) is 1.36. The van der Waals surface area contributed by atoms with Gasteiger partial charge >= 0.3 is 6.18 Å². The molecule has 1 aliphatic heterocycles. The quantitative estimate of drug-likeness (QED) is 0.790. The minimum Gasteiger partial charge on any atom is -0.317 e. The summed E-state index contributed by atoms with van der Waals surface area (Å²) in [5.41, 5.74) is 0. The van der Waals surface area contributed by atoms with Crippen LogP contribution in [-0.2, 0) is 0 Å². The Kier molecular flexibility index (Phi) is 5.55. The Morgan fingerprint density at radius 2 is 1.88 bits per heavy atom. The highest BCUT2D eigenvalue weighted by molar-refractivity contribution is 4.69. The first-order valence-corrected chi connectivity index (χ1v) is 5.93. The maximum atomic E-state index is 12.0. The van der Waals surface area contributed by atoms with Gasteiger partial charge in [0.25, 0.3) is 0 Å². The maximum Gasteiger partial charge on any atom is 0.401 e. The Labute approximate surface area is 95.2 Å². The molecule has 1 N–H and O–H groups in total. The summed E-state index contributed by atoms with van der Waals surface area (Å²) in [5.74, 6) is 0.709. The second-order valence-corrected chi connectivity index (χ2v) is 4.69. The molecule has 1 fully saturated rings. The highest BCUT2D eigenvalue weighted by Crippen LogP contribution is 2.19. The predicted molar refractivity (Wildman–Crippen MR) is 58.4 cm³/mol. The lowest BCUT2D eigenvalue weighted by Gasteiger charge is -2.24. The first-order valence-electron chi connectivity index (χ1n) is 5.93. The lowest BCUT2D eigenvalue weighted by Crippen LogP contribution is -2.32. The van der Waals surface area contributed by atoms with E-state index in [0.29, 0.717) is 12.5 Å². The summed E-state index contributed by atoms with van der Waals surface area (Å²) in [6, 6.07) is 0. The van der Waals surface area contributed by atoms with E-state index in [4.69, 9.17) is 0 Å². The van der Waals surface area contributed by atoms with Crippen molar-refractivity contribution in [1.82, 2.24) is 10.2 Å². The maximum absolute atomic E-state index is 12.0. The van der Waals surface area contributed by atoms with Crippen LogP contribution >= 0.6 is 0 Å². The summed E-state index contributed by atoms with van der Waals surface area (Å²) < 4.78 is 36.1. The predicted octanol–water partition coefficient (Wildman–Crippen LogP) is 2.26. The molecule has 5 heteroatoms. The lowest BCUT2D eigenvalue weighted by atomic mass is 9.93. The highest BCUT2D eigenvalue weighted by Gasteiger charge is 2.28. The number of rotatable bonds is 5. The summed E-state index contributed by atoms with van der Waals surface area (Å²) >= 11 is 0. The summed E-state index contributed by atoms with van der Waals surface area (Å²) in [6.45, 7) is 1.87. The van der Waals surface area contributed by atoms with Gasteiger partial charge in [0.15, 0.2) is 0 Å². The fourth-order valence-electron chi connectivity index (χ4n) is 2.21. The van der Waals surface area contributed by atoms with Crippen molar-refractivity contribution in [2.45, 2.75) is 31.9 Å². The molecule has 0 spiro atoms. The zero-order valence-electron chi connectivity index (χ0n) is 9.82. The van der Waals surface area contributed by atoms with Crippen molar-refractivity contribution < 1.29 is 13.2 Å². The zero-order chi connectivity index (χ0) is 12.0. The SMILES string of the molecule is CN(CCCC1CCNCC1)CC(F)(F)F. The number of halogens is 3. The number of piperidine rings is 1. The standard InChI is InChI=1S/C11H21F3N2/c1-16(9-11(12,13)14)8-2-3-10-4-6-15-7-5-10/h10,15H,2-9H2,1H3. The Morgan fingerprint density at radius 1 is 1.25 bits per heavy atom. The molecule has 0 radical (unpaired) electrons. The fourth-order valence-corrected chi connectivity index (χ4v) is 2.21. The summed E-state index contributed by atoms with van der Waals surface area (Å²) in [6.07, 6.45) is 0.205. The Balaban J connectivity index is 2.05. The summed E-state index contributed by atoms with van der Waals surface area (Å²) in [7, 11) is 1.54. The molecule has 1 saturated heterocycles. The van der Waals surface area contributed by atoms with Crippen LogP contribution in [0.5, 0.6) is 0 Å². The third kappa shape index (κ3) is 6.33. The van der Waals surface area contributed by atoms with Crippen LogP contribution in [0.25, 0.3) is 0 Å². The number of hydrogen-bond acceptors (Lipinski definition) is 2. The van der Waals surface area contributed by atoms with E-state index in [-0.39, 0.29) is 0 Å².